The summed E-state index contributed by atoms with van der Waals surface area (Å²) in [4.78, 5) is 2.34. The molecule has 1 aliphatic rings. The van der Waals surface area contributed by atoms with Crippen molar-refractivity contribution in [3.63, 3.8) is 0 Å². The lowest BCUT2D eigenvalue weighted by atomic mass is 10.2. The molecule has 0 unspecified atom stereocenters. The Bertz CT molecular complexity index is 114. The van der Waals surface area contributed by atoms with Crippen molar-refractivity contribution in [3.8, 4) is 0 Å². The van der Waals surface area contributed by atoms with Crippen LogP contribution in [-0.4, -0.2) is 34.7 Å². The van der Waals surface area contributed by atoms with Gasteiger partial charge in [0.25, 0.3) is 0 Å². The number of nitrogens with zero attached hydrogens (tertiary/aromatic N) is 1. The highest BCUT2D eigenvalue weighted by Crippen LogP contribution is 2.19. The summed E-state index contributed by atoms with van der Waals surface area (Å²) in [6.45, 7) is 7.39. The van der Waals surface area contributed by atoms with Crippen LogP contribution in [0.5, 0.6) is 0 Å². The van der Waals surface area contributed by atoms with Crippen molar-refractivity contribution in [1.29, 1.82) is 0 Å². The van der Waals surface area contributed by atoms with Crippen molar-refractivity contribution in [3.05, 3.63) is 0 Å². The summed E-state index contributed by atoms with van der Waals surface area (Å²) in [7, 11) is 0. The minimum absolute atomic E-state index is 0.0857. The predicted octanol–water partition coefficient (Wildman–Crippen LogP) is 0.850. The molecular formula is C8H17NO. The van der Waals surface area contributed by atoms with Gasteiger partial charge in [0.1, 0.15) is 0 Å². The Labute approximate surface area is 62.8 Å². The molecule has 0 aromatic carbocycles. The van der Waals surface area contributed by atoms with E-state index >= 15 is 0 Å². The second-order valence-electron chi connectivity index (χ2n) is 3.53. The highest BCUT2D eigenvalue weighted by atomic mass is 16.3. The third-order valence-electron chi connectivity index (χ3n) is 2.26. The molecule has 0 aromatic rings. The van der Waals surface area contributed by atoms with Crippen molar-refractivity contribution in [1.82, 2.24) is 4.90 Å². The smallest absolute Gasteiger partial charge is 0.0682 e. The average Bonchev–Trinajstić information content (AvgIpc) is 2.10. The van der Waals surface area contributed by atoms with Gasteiger partial charge in [0.2, 0.25) is 0 Å². The quantitative estimate of drug-likeness (QED) is 0.588. The van der Waals surface area contributed by atoms with Gasteiger partial charge in [0.15, 0.2) is 0 Å². The van der Waals surface area contributed by atoms with Gasteiger partial charge >= 0.3 is 0 Å². The zero-order valence-corrected chi connectivity index (χ0v) is 7.04. The number of aliphatic hydroxyl groups is 1. The molecule has 1 N–H and O–H groups in total. The molecule has 10 heavy (non-hydrogen) atoms. The van der Waals surface area contributed by atoms with E-state index < -0.39 is 0 Å². The summed E-state index contributed by atoms with van der Waals surface area (Å²) in [5.41, 5.74) is 0. The number of hydrogen-bond acceptors (Lipinski definition) is 2. The fourth-order valence-corrected chi connectivity index (χ4v) is 1.75. The lowest BCUT2D eigenvalue weighted by molar-refractivity contribution is 0.161. The first kappa shape index (κ1) is 8.02. The maximum atomic E-state index is 9.28. The van der Waals surface area contributed by atoms with Crippen molar-refractivity contribution >= 4 is 0 Å². The molecule has 0 spiro atoms. The third kappa shape index (κ3) is 1.50. The number of aliphatic hydroxyl groups excluding tert-OH is 1. The van der Waals surface area contributed by atoms with Gasteiger partial charge in [-0.2, -0.15) is 0 Å². The molecule has 0 radical (unpaired) electrons. The average molecular weight is 143 g/mol. The first-order chi connectivity index (χ1) is 4.61. The van der Waals surface area contributed by atoms with E-state index in [0.717, 1.165) is 13.0 Å². The van der Waals surface area contributed by atoms with Crippen molar-refractivity contribution in [2.45, 2.75) is 45.4 Å². The summed E-state index contributed by atoms with van der Waals surface area (Å²) in [5, 5.41) is 9.28. The van der Waals surface area contributed by atoms with Crippen molar-refractivity contribution in [2.24, 2.45) is 0 Å². The molecule has 0 aliphatic carbocycles. The molecule has 1 fully saturated rings. The predicted molar refractivity (Wildman–Crippen MR) is 41.9 cm³/mol. The Morgan fingerprint density at radius 3 is 2.30 bits per heavy atom. The molecule has 0 amide bonds. The summed E-state index contributed by atoms with van der Waals surface area (Å²) < 4.78 is 0. The van der Waals surface area contributed by atoms with Gasteiger partial charge in [-0.3, -0.25) is 4.90 Å². The number of β-amino-alcohol motifs (C(OH)–C–C–N with tert-alkyl or cyclic N) is 1. The van der Waals surface area contributed by atoms with Gasteiger partial charge < -0.3 is 5.11 Å². The Hall–Kier alpha value is -0.0800. The van der Waals surface area contributed by atoms with Crippen LogP contribution in [0.3, 0.4) is 0 Å². The fourth-order valence-electron chi connectivity index (χ4n) is 1.75. The van der Waals surface area contributed by atoms with Crippen LogP contribution in [0, 0.1) is 0 Å². The molecule has 0 bridgehead atoms. The van der Waals surface area contributed by atoms with Crippen LogP contribution in [0.15, 0.2) is 0 Å². The Morgan fingerprint density at radius 2 is 2.10 bits per heavy atom. The maximum absolute atomic E-state index is 9.28. The highest BCUT2D eigenvalue weighted by molar-refractivity contribution is 4.83. The van der Waals surface area contributed by atoms with E-state index in [1.165, 1.54) is 0 Å². The van der Waals surface area contributed by atoms with Crippen LogP contribution in [0.1, 0.15) is 27.2 Å². The second-order valence-corrected chi connectivity index (χ2v) is 3.53. The molecule has 1 aliphatic heterocycles. The van der Waals surface area contributed by atoms with Gasteiger partial charge in [-0.1, -0.05) is 0 Å². The van der Waals surface area contributed by atoms with Gasteiger partial charge in [0.05, 0.1) is 6.10 Å². The standard InChI is InChI=1S/C8H17NO/c1-6(2)9-5-8(10)4-7(9)3/h6-8,10H,4-5H2,1-3H3/t7-,8+/m1/s1. The number of hydrogen-bond donors (Lipinski definition) is 1. The van der Waals surface area contributed by atoms with Gasteiger partial charge in [-0.25, -0.2) is 0 Å². The topological polar surface area (TPSA) is 23.5 Å². The summed E-state index contributed by atoms with van der Waals surface area (Å²) in [6, 6.07) is 1.14. The molecule has 1 rings (SSSR count). The maximum Gasteiger partial charge on any atom is 0.0682 e. The van der Waals surface area contributed by atoms with Gasteiger partial charge in [-0.15, -0.1) is 0 Å². The van der Waals surface area contributed by atoms with Crippen LogP contribution in [0.2, 0.25) is 0 Å². The fraction of sp³-hybridized carbons (Fsp3) is 1.00. The van der Waals surface area contributed by atoms with Crippen LogP contribution in [0.4, 0.5) is 0 Å². The molecule has 1 heterocycles. The van der Waals surface area contributed by atoms with E-state index in [2.05, 4.69) is 25.7 Å². The molecule has 1 saturated heterocycles. The van der Waals surface area contributed by atoms with Crippen LogP contribution in [0.25, 0.3) is 0 Å². The zero-order chi connectivity index (χ0) is 7.72. The van der Waals surface area contributed by atoms with E-state index in [0.29, 0.717) is 12.1 Å². The molecule has 2 heteroatoms. The summed E-state index contributed by atoms with van der Waals surface area (Å²) in [6.07, 6.45) is 0.857. The summed E-state index contributed by atoms with van der Waals surface area (Å²) >= 11 is 0. The third-order valence-corrected chi connectivity index (χ3v) is 2.26. The van der Waals surface area contributed by atoms with E-state index in [-0.39, 0.29) is 6.10 Å². The number of likely N-dealkylation sites (tertiary alicyclic amines) is 1. The molecule has 60 valence electrons. The number of rotatable bonds is 1. The normalized spacial score (nSPS) is 35.7. The monoisotopic (exact) mass is 143 g/mol. The van der Waals surface area contributed by atoms with E-state index in [9.17, 15) is 5.11 Å². The zero-order valence-electron chi connectivity index (χ0n) is 7.04. The van der Waals surface area contributed by atoms with Gasteiger partial charge in [-0.05, 0) is 27.2 Å². The molecule has 0 aromatic heterocycles. The molecule has 2 atom stereocenters. The molecule has 2 nitrogen and oxygen atoms in total. The van der Waals surface area contributed by atoms with E-state index in [4.69, 9.17) is 0 Å². The summed E-state index contributed by atoms with van der Waals surface area (Å²) in [5.74, 6) is 0. The van der Waals surface area contributed by atoms with Crippen LogP contribution < -0.4 is 0 Å². The lowest BCUT2D eigenvalue weighted by Crippen LogP contribution is -2.34. The van der Waals surface area contributed by atoms with Crippen molar-refractivity contribution < 1.29 is 5.11 Å². The van der Waals surface area contributed by atoms with Crippen molar-refractivity contribution in [2.75, 3.05) is 6.54 Å². The largest absolute Gasteiger partial charge is 0.392 e. The Balaban J connectivity index is 2.46. The Kier molecular flexibility index (Phi) is 2.32. The van der Waals surface area contributed by atoms with E-state index in [1.54, 1.807) is 0 Å². The minimum atomic E-state index is -0.0857. The lowest BCUT2D eigenvalue weighted by Gasteiger charge is -2.24. The van der Waals surface area contributed by atoms with E-state index in [1.807, 2.05) is 0 Å². The molecule has 0 saturated carbocycles. The highest BCUT2D eigenvalue weighted by Gasteiger charge is 2.28. The van der Waals surface area contributed by atoms with Gasteiger partial charge in [0, 0.05) is 18.6 Å². The van der Waals surface area contributed by atoms with Crippen LogP contribution in [-0.2, 0) is 0 Å². The first-order valence-corrected chi connectivity index (χ1v) is 4.05. The van der Waals surface area contributed by atoms with Crippen LogP contribution >= 0.6 is 0 Å². The Morgan fingerprint density at radius 1 is 1.50 bits per heavy atom. The first-order valence-electron chi connectivity index (χ1n) is 4.05. The molecular weight excluding hydrogens is 126 g/mol. The minimum Gasteiger partial charge on any atom is -0.392 e. The second kappa shape index (κ2) is 2.89. The SMILES string of the molecule is CC(C)N1C[C@@H](O)C[C@H]1C.